The second-order valence-electron chi connectivity index (χ2n) is 8.47. The topological polar surface area (TPSA) is 36.3 Å². The molecular weight excluding hydrogens is 343 g/mol. The highest BCUT2D eigenvalue weighted by atomic mass is 19.1. The Labute approximate surface area is 159 Å². The highest BCUT2D eigenvalue weighted by molar-refractivity contribution is 5.62. The molecular formula is C22H25FN2O2. The number of ether oxygens (including phenoxy) is 2. The molecule has 2 aromatic rings. The monoisotopic (exact) mass is 368 g/mol. The predicted octanol–water partition coefficient (Wildman–Crippen LogP) is 4.66. The lowest BCUT2D eigenvalue weighted by Crippen LogP contribution is -2.55. The first kappa shape index (κ1) is 17.1. The van der Waals surface area contributed by atoms with Crippen LogP contribution in [0.4, 0.5) is 4.39 Å². The summed E-state index contributed by atoms with van der Waals surface area (Å²) in [4.78, 5) is 0. The molecule has 3 aliphatic rings. The van der Waals surface area contributed by atoms with E-state index in [1.165, 1.54) is 23.3 Å². The van der Waals surface area contributed by atoms with E-state index < -0.39 is 5.79 Å². The summed E-state index contributed by atoms with van der Waals surface area (Å²) >= 11 is 0. The number of aromatic nitrogens is 2. The van der Waals surface area contributed by atoms with Gasteiger partial charge < -0.3 is 9.47 Å². The van der Waals surface area contributed by atoms with E-state index in [-0.39, 0.29) is 23.4 Å². The van der Waals surface area contributed by atoms with Crippen molar-refractivity contribution in [3.8, 4) is 5.69 Å². The van der Waals surface area contributed by atoms with Crippen LogP contribution < -0.4 is 0 Å². The zero-order valence-electron chi connectivity index (χ0n) is 16.0. The molecule has 0 amide bonds. The van der Waals surface area contributed by atoms with Crippen LogP contribution in [0.1, 0.15) is 51.3 Å². The molecule has 0 N–H and O–H groups in total. The summed E-state index contributed by atoms with van der Waals surface area (Å²) in [5, 5.41) is 4.59. The molecule has 1 aromatic heterocycles. The number of hydrogen-bond acceptors (Lipinski definition) is 3. The molecule has 3 atom stereocenters. The maximum absolute atomic E-state index is 13.3. The Hall–Kier alpha value is -1.98. The third kappa shape index (κ3) is 2.44. The van der Waals surface area contributed by atoms with Crippen molar-refractivity contribution in [1.29, 1.82) is 0 Å². The normalized spacial score (nSPS) is 35.0. The minimum atomic E-state index is -0.550. The van der Waals surface area contributed by atoms with E-state index in [0.29, 0.717) is 0 Å². The molecule has 1 aromatic carbocycles. The number of rotatable bonds is 1. The second kappa shape index (κ2) is 5.76. The SMILES string of the molecule is C[C@@H]1C[C@@H](C)OC2(CCC3=Cc4c(cnn4-c4ccc(F)cc4)C[C@@]32C)O1. The molecule has 2 aliphatic carbocycles. The standard InChI is InChI=1S/C22H25FN2O2/c1-14-10-15(2)27-22(26-14)9-8-17-11-20-16(12-21(17,22)3)13-24-25(20)19-6-4-18(23)5-7-19/h4-7,11,13-15H,8-10,12H2,1-3H3/t14-,15-,21+/m1/s1. The second-order valence-corrected chi connectivity index (χ2v) is 8.47. The van der Waals surface area contributed by atoms with Gasteiger partial charge in [0.15, 0.2) is 5.79 Å². The fraction of sp³-hybridized carbons (Fsp3) is 0.500. The first-order chi connectivity index (χ1) is 12.9. The Bertz CT molecular complexity index is 907. The van der Waals surface area contributed by atoms with Gasteiger partial charge in [0, 0.05) is 11.8 Å². The molecule has 5 heteroatoms. The summed E-state index contributed by atoms with van der Waals surface area (Å²) in [5.74, 6) is -0.788. The zero-order chi connectivity index (χ0) is 18.8. The van der Waals surface area contributed by atoms with Crippen LogP contribution in [0.2, 0.25) is 0 Å². The van der Waals surface area contributed by atoms with Crippen LogP contribution in [0.5, 0.6) is 0 Å². The van der Waals surface area contributed by atoms with E-state index in [1.54, 1.807) is 12.1 Å². The van der Waals surface area contributed by atoms with Gasteiger partial charge in [-0.1, -0.05) is 12.5 Å². The molecule has 2 fully saturated rings. The lowest BCUT2D eigenvalue weighted by molar-refractivity contribution is -0.343. The van der Waals surface area contributed by atoms with Crippen molar-refractivity contribution >= 4 is 6.08 Å². The first-order valence-corrected chi connectivity index (χ1v) is 9.80. The molecule has 1 aliphatic heterocycles. The zero-order valence-corrected chi connectivity index (χ0v) is 16.0. The first-order valence-electron chi connectivity index (χ1n) is 9.80. The van der Waals surface area contributed by atoms with Gasteiger partial charge in [-0.3, -0.25) is 0 Å². The Kier molecular flexibility index (Phi) is 3.66. The van der Waals surface area contributed by atoms with Gasteiger partial charge in [-0.05, 0) is 69.0 Å². The minimum absolute atomic E-state index is 0.181. The van der Waals surface area contributed by atoms with Gasteiger partial charge in [-0.25, -0.2) is 9.07 Å². The smallest absolute Gasteiger partial charge is 0.178 e. The molecule has 1 saturated carbocycles. The Morgan fingerprint density at radius 1 is 1.15 bits per heavy atom. The van der Waals surface area contributed by atoms with Crippen LogP contribution in [0.25, 0.3) is 11.8 Å². The summed E-state index contributed by atoms with van der Waals surface area (Å²) < 4.78 is 28.1. The van der Waals surface area contributed by atoms with Gasteiger partial charge in [0.05, 0.1) is 29.8 Å². The number of fused-ring (bicyclic) bond motifs is 3. The van der Waals surface area contributed by atoms with Crippen LogP contribution in [0.15, 0.2) is 36.0 Å². The fourth-order valence-corrected chi connectivity index (χ4v) is 5.21. The number of nitrogens with zero attached hydrogens (tertiary/aromatic N) is 2. The van der Waals surface area contributed by atoms with Crippen LogP contribution in [0, 0.1) is 11.2 Å². The summed E-state index contributed by atoms with van der Waals surface area (Å²) in [6.45, 7) is 6.56. The van der Waals surface area contributed by atoms with E-state index in [9.17, 15) is 4.39 Å². The molecule has 4 nitrogen and oxygen atoms in total. The van der Waals surface area contributed by atoms with Crippen molar-refractivity contribution in [3.63, 3.8) is 0 Å². The van der Waals surface area contributed by atoms with Gasteiger partial charge in [0.2, 0.25) is 0 Å². The van der Waals surface area contributed by atoms with Crippen LogP contribution in [0.3, 0.4) is 0 Å². The maximum Gasteiger partial charge on any atom is 0.178 e. The van der Waals surface area contributed by atoms with Crippen LogP contribution >= 0.6 is 0 Å². The Morgan fingerprint density at radius 2 is 1.85 bits per heavy atom. The quantitative estimate of drug-likeness (QED) is 0.734. The molecule has 2 heterocycles. The Morgan fingerprint density at radius 3 is 2.56 bits per heavy atom. The van der Waals surface area contributed by atoms with E-state index in [4.69, 9.17) is 9.47 Å². The van der Waals surface area contributed by atoms with Gasteiger partial charge in [-0.2, -0.15) is 5.10 Å². The number of halogens is 1. The van der Waals surface area contributed by atoms with Gasteiger partial charge >= 0.3 is 0 Å². The van der Waals surface area contributed by atoms with Crippen molar-refractivity contribution in [3.05, 3.63) is 53.1 Å². The molecule has 5 rings (SSSR count). The third-order valence-electron chi connectivity index (χ3n) is 6.53. The summed E-state index contributed by atoms with van der Waals surface area (Å²) in [6.07, 6.45) is 8.21. The van der Waals surface area contributed by atoms with Crippen LogP contribution in [-0.2, 0) is 15.9 Å². The van der Waals surface area contributed by atoms with E-state index in [0.717, 1.165) is 37.1 Å². The average molecular weight is 368 g/mol. The lowest BCUT2D eigenvalue weighted by Gasteiger charge is -2.50. The third-order valence-corrected chi connectivity index (χ3v) is 6.53. The van der Waals surface area contributed by atoms with Crippen molar-refractivity contribution in [2.45, 2.75) is 64.4 Å². The van der Waals surface area contributed by atoms with Gasteiger partial charge in [0.1, 0.15) is 5.82 Å². The fourth-order valence-electron chi connectivity index (χ4n) is 5.21. The summed E-state index contributed by atoms with van der Waals surface area (Å²) in [5.41, 5.74) is 4.32. The van der Waals surface area contributed by atoms with E-state index >= 15 is 0 Å². The van der Waals surface area contributed by atoms with Crippen molar-refractivity contribution in [1.82, 2.24) is 9.78 Å². The van der Waals surface area contributed by atoms with Gasteiger partial charge in [0.25, 0.3) is 0 Å². The molecule has 0 unspecified atom stereocenters. The number of hydrogen-bond donors (Lipinski definition) is 0. The number of benzene rings is 1. The highest BCUT2D eigenvalue weighted by Crippen LogP contribution is 2.59. The van der Waals surface area contributed by atoms with Gasteiger partial charge in [-0.15, -0.1) is 0 Å². The predicted molar refractivity (Wildman–Crippen MR) is 101 cm³/mol. The Balaban J connectivity index is 1.56. The molecule has 0 bridgehead atoms. The van der Waals surface area contributed by atoms with E-state index in [2.05, 4.69) is 31.9 Å². The minimum Gasteiger partial charge on any atom is -0.346 e. The van der Waals surface area contributed by atoms with Crippen molar-refractivity contribution < 1.29 is 13.9 Å². The highest BCUT2D eigenvalue weighted by Gasteiger charge is 2.60. The summed E-state index contributed by atoms with van der Waals surface area (Å²) in [6, 6.07) is 6.48. The lowest BCUT2D eigenvalue weighted by atomic mass is 9.71. The van der Waals surface area contributed by atoms with Crippen LogP contribution in [-0.4, -0.2) is 27.8 Å². The van der Waals surface area contributed by atoms with Crippen molar-refractivity contribution in [2.75, 3.05) is 0 Å². The molecule has 1 saturated heterocycles. The molecule has 0 radical (unpaired) electrons. The molecule has 142 valence electrons. The largest absolute Gasteiger partial charge is 0.346 e. The molecule has 27 heavy (non-hydrogen) atoms. The average Bonchev–Trinajstić information content (AvgIpc) is 3.12. The molecule has 1 spiro atoms. The van der Waals surface area contributed by atoms with Crippen molar-refractivity contribution in [2.24, 2.45) is 5.41 Å². The maximum atomic E-state index is 13.3. The van der Waals surface area contributed by atoms with E-state index in [1.807, 2.05) is 10.9 Å². The summed E-state index contributed by atoms with van der Waals surface area (Å²) in [7, 11) is 0.